The maximum atomic E-state index is 13.1. The molecule has 164 valence electrons. The molecule has 5 nitrogen and oxygen atoms in total. The zero-order valence-electron chi connectivity index (χ0n) is 17.8. The molecular weight excluding hydrogens is 412 g/mol. The van der Waals surface area contributed by atoms with Crippen molar-refractivity contribution in [2.45, 2.75) is 32.1 Å². The van der Waals surface area contributed by atoms with Crippen molar-refractivity contribution in [2.75, 3.05) is 6.61 Å². The van der Waals surface area contributed by atoms with E-state index in [1.165, 1.54) is 12.1 Å². The number of hydrogen-bond donors (Lipinski definition) is 0. The molecule has 1 unspecified atom stereocenters. The van der Waals surface area contributed by atoms with Crippen LogP contribution in [0.15, 0.2) is 73.1 Å². The number of halogens is 2. The number of benzene rings is 2. The molecule has 0 bridgehead atoms. The fraction of sp³-hybridized carbons (Fsp3) is 0.240. The second kappa shape index (κ2) is 8.86. The van der Waals surface area contributed by atoms with Crippen molar-refractivity contribution in [1.82, 2.24) is 14.6 Å². The van der Waals surface area contributed by atoms with E-state index < -0.39 is 11.8 Å². The molecule has 2 aromatic carbocycles. The molecule has 0 N–H and O–H groups in total. The second-order valence-electron chi connectivity index (χ2n) is 7.76. The van der Waals surface area contributed by atoms with Crippen LogP contribution in [0.25, 0.3) is 16.8 Å². The van der Waals surface area contributed by atoms with Crippen LogP contribution in [0.2, 0.25) is 0 Å². The number of aromatic nitrogens is 3. The fourth-order valence-electron chi connectivity index (χ4n) is 3.88. The van der Waals surface area contributed by atoms with Crippen molar-refractivity contribution in [1.29, 1.82) is 0 Å². The number of fused-ring (bicyclic) bond motifs is 1. The van der Waals surface area contributed by atoms with Crippen molar-refractivity contribution < 1.29 is 18.3 Å². The Bertz CT molecular complexity index is 1220. The highest BCUT2D eigenvalue weighted by Crippen LogP contribution is 2.33. The standard InChI is InChI=1S/C25H23F2N3O2/c1-3-32-24(31)25(2,15-17-7-5-4-6-8-17)21-13-14-28-23-20(16-29-30(21)23)18-9-11-19(12-10-18)22(26)27/h4-14,16,22H,3,15H2,1-2H3. The molecule has 0 aliphatic heterocycles. The zero-order chi connectivity index (χ0) is 22.7. The Kier molecular flexibility index (Phi) is 5.99. The van der Waals surface area contributed by atoms with E-state index in [9.17, 15) is 13.6 Å². The lowest BCUT2D eigenvalue weighted by Crippen LogP contribution is -2.38. The predicted octanol–water partition coefficient (Wildman–Crippen LogP) is 5.40. The van der Waals surface area contributed by atoms with E-state index in [0.29, 0.717) is 23.3 Å². The molecule has 4 rings (SSSR count). The van der Waals surface area contributed by atoms with Crippen molar-refractivity contribution in [2.24, 2.45) is 0 Å². The van der Waals surface area contributed by atoms with Crippen LogP contribution in [0.1, 0.15) is 37.1 Å². The molecule has 0 aliphatic carbocycles. The fourth-order valence-corrected chi connectivity index (χ4v) is 3.88. The van der Waals surface area contributed by atoms with Gasteiger partial charge in [0.25, 0.3) is 6.43 Å². The monoisotopic (exact) mass is 435 g/mol. The molecule has 0 aliphatic rings. The van der Waals surface area contributed by atoms with Gasteiger partial charge >= 0.3 is 5.97 Å². The van der Waals surface area contributed by atoms with E-state index >= 15 is 0 Å². The molecule has 32 heavy (non-hydrogen) atoms. The van der Waals surface area contributed by atoms with E-state index in [2.05, 4.69) is 10.1 Å². The summed E-state index contributed by atoms with van der Waals surface area (Å²) in [6.07, 6.45) is 1.16. The Balaban J connectivity index is 1.82. The molecule has 2 aromatic heterocycles. The van der Waals surface area contributed by atoms with Gasteiger partial charge in [0.1, 0.15) is 5.41 Å². The Morgan fingerprint density at radius 2 is 1.81 bits per heavy atom. The third kappa shape index (κ3) is 3.98. The van der Waals surface area contributed by atoms with Gasteiger partial charge in [0.05, 0.1) is 18.5 Å². The van der Waals surface area contributed by atoms with Gasteiger partial charge in [0, 0.05) is 17.3 Å². The van der Waals surface area contributed by atoms with Gasteiger partial charge in [0.2, 0.25) is 0 Å². The largest absolute Gasteiger partial charge is 0.465 e. The first-order valence-electron chi connectivity index (χ1n) is 10.4. The van der Waals surface area contributed by atoms with Crippen molar-refractivity contribution in [3.8, 4) is 11.1 Å². The maximum Gasteiger partial charge on any atom is 0.318 e. The molecular formula is C25H23F2N3O2. The molecule has 2 heterocycles. The average Bonchev–Trinajstić information content (AvgIpc) is 3.24. The van der Waals surface area contributed by atoms with Crippen LogP contribution < -0.4 is 0 Å². The third-order valence-electron chi connectivity index (χ3n) is 5.57. The molecule has 0 saturated heterocycles. The van der Waals surface area contributed by atoms with Crippen LogP contribution in [0, 0.1) is 0 Å². The number of carbonyl (C=O) groups is 1. The molecule has 0 saturated carbocycles. The topological polar surface area (TPSA) is 56.5 Å². The van der Waals surface area contributed by atoms with E-state index in [-0.39, 0.29) is 18.1 Å². The van der Waals surface area contributed by atoms with Crippen LogP contribution in [0.3, 0.4) is 0 Å². The summed E-state index contributed by atoms with van der Waals surface area (Å²) in [6, 6.07) is 17.5. The number of rotatable bonds is 7. The summed E-state index contributed by atoms with van der Waals surface area (Å²) in [5.41, 5.74) is 2.52. The van der Waals surface area contributed by atoms with Gasteiger partial charge in [0.15, 0.2) is 5.65 Å². The van der Waals surface area contributed by atoms with E-state index in [1.807, 2.05) is 37.3 Å². The summed E-state index contributed by atoms with van der Waals surface area (Å²) in [5, 5.41) is 4.50. The van der Waals surface area contributed by atoms with Crippen LogP contribution in [-0.4, -0.2) is 27.2 Å². The highest BCUT2D eigenvalue weighted by atomic mass is 19.3. The molecule has 0 spiro atoms. The van der Waals surface area contributed by atoms with Gasteiger partial charge in [-0.3, -0.25) is 4.79 Å². The molecule has 7 heteroatoms. The van der Waals surface area contributed by atoms with Crippen molar-refractivity contribution >= 4 is 11.6 Å². The lowest BCUT2D eigenvalue weighted by molar-refractivity contribution is -0.149. The summed E-state index contributed by atoms with van der Waals surface area (Å²) in [5.74, 6) is -0.352. The third-order valence-corrected chi connectivity index (χ3v) is 5.57. The first kappa shape index (κ1) is 21.6. The Morgan fingerprint density at radius 1 is 1.09 bits per heavy atom. The summed E-state index contributed by atoms with van der Waals surface area (Å²) in [7, 11) is 0. The van der Waals surface area contributed by atoms with Gasteiger partial charge in [-0.2, -0.15) is 5.10 Å². The van der Waals surface area contributed by atoms with E-state index in [1.54, 1.807) is 42.0 Å². The molecule has 0 amide bonds. The molecule has 4 aromatic rings. The minimum Gasteiger partial charge on any atom is -0.465 e. The quantitative estimate of drug-likeness (QED) is 0.365. The zero-order valence-corrected chi connectivity index (χ0v) is 17.8. The summed E-state index contributed by atoms with van der Waals surface area (Å²) in [6.45, 7) is 3.88. The normalized spacial score (nSPS) is 13.3. The van der Waals surface area contributed by atoms with Gasteiger partial charge in [-0.25, -0.2) is 18.3 Å². The number of esters is 1. The van der Waals surface area contributed by atoms with E-state index in [0.717, 1.165) is 11.1 Å². The first-order valence-corrected chi connectivity index (χ1v) is 10.4. The number of hydrogen-bond acceptors (Lipinski definition) is 4. The number of ether oxygens (including phenoxy) is 1. The van der Waals surface area contributed by atoms with Gasteiger partial charge < -0.3 is 4.74 Å². The van der Waals surface area contributed by atoms with Gasteiger partial charge in [-0.15, -0.1) is 0 Å². The molecule has 0 fully saturated rings. The minimum absolute atomic E-state index is 0.0448. The molecule has 0 radical (unpaired) electrons. The van der Waals surface area contributed by atoms with Gasteiger partial charge in [-0.05, 0) is 37.5 Å². The smallest absolute Gasteiger partial charge is 0.318 e. The Labute approximate surface area is 184 Å². The highest BCUT2D eigenvalue weighted by molar-refractivity contribution is 5.84. The molecule has 1 atom stereocenters. The number of alkyl halides is 2. The van der Waals surface area contributed by atoms with Crippen LogP contribution in [0.4, 0.5) is 8.78 Å². The first-order chi connectivity index (χ1) is 15.4. The minimum atomic E-state index is -2.53. The number of nitrogens with zero attached hydrogens (tertiary/aromatic N) is 3. The van der Waals surface area contributed by atoms with Crippen molar-refractivity contribution in [3.05, 3.63) is 89.9 Å². The van der Waals surface area contributed by atoms with E-state index in [4.69, 9.17) is 4.74 Å². The highest BCUT2D eigenvalue weighted by Gasteiger charge is 2.39. The van der Waals surface area contributed by atoms with Gasteiger partial charge in [-0.1, -0.05) is 54.6 Å². The van der Waals surface area contributed by atoms with Crippen LogP contribution >= 0.6 is 0 Å². The number of carbonyl (C=O) groups excluding carboxylic acids is 1. The maximum absolute atomic E-state index is 13.1. The lowest BCUT2D eigenvalue weighted by atomic mass is 9.80. The van der Waals surface area contributed by atoms with Crippen molar-refractivity contribution in [3.63, 3.8) is 0 Å². The summed E-state index contributed by atoms with van der Waals surface area (Å²) >= 11 is 0. The summed E-state index contributed by atoms with van der Waals surface area (Å²) < 4.78 is 32.9. The predicted molar refractivity (Wildman–Crippen MR) is 118 cm³/mol. The lowest BCUT2D eigenvalue weighted by Gasteiger charge is -2.28. The second-order valence-corrected chi connectivity index (χ2v) is 7.76. The Morgan fingerprint density at radius 3 is 2.47 bits per heavy atom. The van der Waals surface area contributed by atoms with Crippen LogP contribution in [-0.2, 0) is 21.4 Å². The Hall–Kier alpha value is -3.61. The SMILES string of the molecule is CCOC(=O)C(C)(Cc1ccccc1)c1ccnc2c(-c3ccc(C(F)F)cc3)cnn12. The summed E-state index contributed by atoms with van der Waals surface area (Å²) in [4.78, 5) is 17.6. The van der Waals surface area contributed by atoms with Crippen LogP contribution in [0.5, 0.6) is 0 Å². The average molecular weight is 435 g/mol.